The normalized spacial score (nSPS) is 10.9. The van der Waals surface area contributed by atoms with Crippen molar-refractivity contribution in [2.45, 2.75) is 20.8 Å². The van der Waals surface area contributed by atoms with Crippen molar-refractivity contribution in [3.8, 4) is 0 Å². The number of nitrogens with zero attached hydrogens (tertiary/aromatic N) is 3. The second-order valence-corrected chi connectivity index (χ2v) is 4.10. The summed E-state index contributed by atoms with van der Waals surface area (Å²) in [6, 6.07) is 0. The Labute approximate surface area is 104 Å². The first-order chi connectivity index (χ1) is 8.47. The zero-order valence-corrected chi connectivity index (χ0v) is 10.9. The molecule has 0 spiro atoms. The molecule has 2 rings (SSSR count). The van der Waals surface area contributed by atoms with Gasteiger partial charge in [0.15, 0.2) is 5.65 Å². The number of aryl methyl sites for hydroxylation is 2. The van der Waals surface area contributed by atoms with Gasteiger partial charge in [0.05, 0.1) is 6.61 Å². The van der Waals surface area contributed by atoms with E-state index in [2.05, 4.69) is 4.98 Å². The van der Waals surface area contributed by atoms with Crippen molar-refractivity contribution in [1.29, 1.82) is 0 Å². The van der Waals surface area contributed by atoms with Crippen LogP contribution in [0.2, 0.25) is 0 Å². The lowest BCUT2D eigenvalue weighted by molar-refractivity contribution is 0.0528. The molecule has 0 radical (unpaired) electrons. The highest BCUT2D eigenvalue weighted by Gasteiger charge is 2.19. The zero-order chi connectivity index (χ0) is 13.4. The minimum absolute atomic E-state index is 0.171. The molecule has 2 heterocycles. The van der Waals surface area contributed by atoms with Crippen LogP contribution in [0, 0.1) is 13.8 Å². The van der Waals surface area contributed by atoms with Gasteiger partial charge in [-0.25, -0.2) is 9.78 Å². The van der Waals surface area contributed by atoms with Crippen LogP contribution in [0.3, 0.4) is 0 Å². The number of hydrogen-bond donors (Lipinski definition) is 0. The molecule has 6 nitrogen and oxygen atoms in total. The second-order valence-electron chi connectivity index (χ2n) is 4.10. The van der Waals surface area contributed by atoms with Crippen molar-refractivity contribution in [1.82, 2.24) is 14.2 Å². The molecule has 0 aliphatic carbocycles. The van der Waals surface area contributed by atoms with Gasteiger partial charge in [-0.1, -0.05) is 0 Å². The van der Waals surface area contributed by atoms with Crippen LogP contribution in [-0.2, 0) is 11.8 Å². The van der Waals surface area contributed by atoms with Crippen molar-refractivity contribution < 1.29 is 9.53 Å². The van der Waals surface area contributed by atoms with Gasteiger partial charge >= 0.3 is 5.97 Å². The Morgan fingerprint density at radius 3 is 2.72 bits per heavy atom. The average molecular weight is 249 g/mol. The van der Waals surface area contributed by atoms with Crippen LogP contribution in [0.4, 0.5) is 0 Å². The average Bonchev–Trinajstić information content (AvgIpc) is 2.64. The van der Waals surface area contributed by atoms with E-state index in [0.717, 1.165) is 0 Å². The van der Waals surface area contributed by atoms with E-state index in [1.165, 1.54) is 4.52 Å². The Bertz CT molecular complexity index is 682. The molecule has 0 saturated carbocycles. The summed E-state index contributed by atoms with van der Waals surface area (Å²) >= 11 is 0. The minimum Gasteiger partial charge on any atom is -0.462 e. The molecule has 0 aromatic carbocycles. The summed E-state index contributed by atoms with van der Waals surface area (Å²) in [6.07, 6.45) is 1.56. The maximum atomic E-state index is 12.1. The Morgan fingerprint density at radius 1 is 1.44 bits per heavy atom. The summed E-state index contributed by atoms with van der Waals surface area (Å²) in [6.45, 7) is 5.49. The largest absolute Gasteiger partial charge is 0.462 e. The van der Waals surface area contributed by atoms with Gasteiger partial charge in [0, 0.05) is 24.5 Å². The Balaban J connectivity index is 2.80. The van der Waals surface area contributed by atoms with Crippen molar-refractivity contribution in [3.63, 3.8) is 0 Å². The lowest BCUT2D eigenvalue weighted by Crippen LogP contribution is -2.23. The van der Waals surface area contributed by atoms with Crippen molar-refractivity contribution in [2.75, 3.05) is 6.61 Å². The SMILES string of the molecule is CCOC(=O)c1cn(C)n2c(=O)c(C)c(C)nc12. The van der Waals surface area contributed by atoms with Gasteiger partial charge in [-0.3, -0.25) is 9.48 Å². The van der Waals surface area contributed by atoms with Crippen LogP contribution in [0.1, 0.15) is 28.5 Å². The molecule has 0 saturated heterocycles. The molecule has 18 heavy (non-hydrogen) atoms. The molecule has 0 N–H and O–H groups in total. The highest BCUT2D eigenvalue weighted by atomic mass is 16.5. The van der Waals surface area contributed by atoms with E-state index in [1.807, 2.05) is 0 Å². The van der Waals surface area contributed by atoms with Gasteiger partial charge in [-0.15, -0.1) is 0 Å². The van der Waals surface area contributed by atoms with Crippen LogP contribution in [0.5, 0.6) is 0 Å². The van der Waals surface area contributed by atoms with Gasteiger partial charge in [0.1, 0.15) is 5.56 Å². The summed E-state index contributed by atoms with van der Waals surface area (Å²) in [4.78, 5) is 28.2. The fourth-order valence-electron chi connectivity index (χ4n) is 1.82. The number of carbonyl (C=O) groups is 1. The van der Waals surface area contributed by atoms with Crippen LogP contribution in [0.25, 0.3) is 5.65 Å². The molecule has 0 amide bonds. The molecule has 2 aromatic heterocycles. The van der Waals surface area contributed by atoms with E-state index in [1.54, 1.807) is 38.7 Å². The van der Waals surface area contributed by atoms with E-state index in [-0.39, 0.29) is 12.2 Å². The molecule has 0 bridgehead atoms. The predicted molar refractivity (Wildman–Crippen MR) is 65.9 cm³/mol. The molecule has 0 atom stereocenters. The molecule has 0 unspecified atom stereocenters. The number of aromatic nitrogens is 3. The van der Waals surface area contributed by atoms with Crippen molar-refractivity contribution in [3.05, 3.63) is 33.4 Å². The van der Waals surface area contributed by atoms with Crippen LogP contribution in [0.15, 0.2) is 11.0 Å². The lowest BCUT2D eigenvalue weighted by atomic mass is 10.2. The number of ether oxygens (including phenoxy) is 1. The predicted octanol–water partition coefficient (Wildman–Crippen LogP) is 0.827. The standard InChI is InChI=1S/C12H15N3O3/c1-5-18-12(17)9-6-14(4)15-10(9)13-8(3)7(2)11(15)16/h6H,5H2,1-4H3. The van der Waals surface area contributed by atoms with E-state index in [4.69, 9.17) is 4.74 Å². The van der Waals surface area contributed by atoms with Crippen LogP contribution < -0.4 is 5.56 Å². The lowest BCUT2D eigenvalue weighted by Gasteiger charge is -2.03. The highest BCUT2D eigenvalue weighted by Crippen LogP contribution is 2.11. The number of hydrogen-bond acceptors (Lipinski definition) is 4. The highest BCUT2D eigenvalue weighted by molar-refractivity contribution is 5.95. The molecule has 6 heteroatoms. The first kappa shape index (κ1) is 12.3. The third kappa shape index (κ3) is 1.70. The summed E-state index contributed by atoms with van der Waals surface area (Å²) in [7, 11) is 1.69. The third-order valence-electron chi connectivity index (χ3n) is 2.90. The monoisotopic (exact) mass is 249 g/mol. The zero-order valence-electron chi connectivity index (χ0n) is 10.9. The Hall–Kier alpha value is -2.11. The van der Waals surface area contributed by atoms with Crippen molar-refractivity contribution >= 4 is 11.6 Å². The molecular formula is C12H15N3O3. The van der Waals surface area contributed by atoms with Gasteiger partial charge in [-0.05, 0) is 20.8 Å². The van der Waals surface area contributed by atoms with Gasteiger partial charge in [0.25, 0.3) is 5.56 Å². The second kappa shape index (κ2) is 4.29. The molecular weight excluding hydrogens is 234 g/mol. The van der Waals surface area contributed by atoms with Crippen LogP contribution in [-0.4, -0.2) is 26.8 Å². The first-order valence-electron chi connectivity index (χ1n) is 5.70. The number of fused-ring (bicyclic) bond motifs is 1. The van der Waals surface area contributed by atoms with Gasteiger partial charge < -0.3 is 4.74 Å². The quantitative estimate of drug-likeness (QED) is 0.739. The number of carbonyl (C=O) groups excluding carboxylic acids is 1. The minimum atomic E-state index is -0.467. The summed E-state index contributed by atoms with van der Waals surface area (Å²) in [5, 5.41) is 0. The molecule has 2 aromatic rings. The molecule has 0 aliphatic rings. The third-order valence-corrected chi connectivity index (χ3v) is 2.90. The number of rotatable bonds is 2. The van der Waals surface area contributed by atoms with E-state index in [0.29, 0.717) is 22.5 Å². The smallest absolute Gasteiger partial charge is 0.343 e. The topological polar surface area (TPSA) is 65.6 Å². The molecule has 0 fully saturated rings. The summed E-state index contributed by atoms with van der Waals surface area (Å²) in [5.41, 5.74) is 1.67. The first-order valence-corrected chi connectivity index (χ1v) is 5.70. The van der Waals surface area contributed by atoms with Gasteiger partial charge in [0.2, 0.25) is 0 Å². The maximum Gasteiger partial charge on any atom is 0.343 e. The van der Waals surface area contributed by atoms with E-state index >= 15 is 0 Å². The van der Waals surface area contributed by atoms with Crippen molar-refractivity contribution in [2.24, 2.45) is 7.05 Å². The number of esters is 1. The fourth-order valence-corrected chi connectivity index (χ4v) is 1.82. The van der Waals surface area contributed by atoms with Crippen LogP contribution >= 0.6 is 0 Å². The van der Waals surface area contributed by atoms with E-state index in [9.17, 15) is 9.59 Å². The molecule has 96 valence electrons. The fraction of sp³-hybridized carbons (Fsp3) is 0.417. The van der Waals surface area contributed by atoms with Gasteiger partial charge in [-0.2, -0.15) is 4.52 Å². The van der Waals surface area contributed by atoms with E-state index < -0.39 is 5.97 Å². The Kier molecular flexibility index (Phi) is 2.94. The summed E-state index contributed by atoms with van der Waals surface area (Å²) < 4.78 is 7.87. The Morgan fingerprint density at radius 2 is 2.11 bits per heavy atom. The summed E-state index contributed by atoms with van der Waals surface area (Å²) in [5.74, 6) is -0.467. The maximum absolute atomic E-state index is 12.1. The molecule has 0 aliphatic heterocycles.